The van der Waals surface area contributed by atoms with Gasteiger partial charge in [-0.15, -0.1) is 0 Å². The average molecular weight is 731 g/mol. The Morgan fingerprint density at radius 3 is 2.16 bits per heavy atom. The predicted molar refractivity (Wildman–Crippen MR) is 196 cm³/mol. The number of ether oxygens (including phenoxy) is 1. The van der Waals surface area contributed by atoms with Gasteiger partial charge in [0.25, 0.3) is 0 Å². The molecule has 16 nitrogen and oxygen atoms in total. The minimum Gasteiger partial charge on any atom is -0.387 e. The summed E-state index contributed by atoms with van der Waals surface area (Å²) in [4.78, 5) is 30.7. The number of aliphatic hydroxyl groups is 2. The van der Waals surface area contributed by atoms with E-state index >= 15 is 0 Å². The fraction of sp³-hybridized carbons (Fsp3) is 0.500. The Hall–Kier alpha value is -4.11. The van der Waals surface area contributed by atoms with E-state index in [0.717, 1.165) is 50.2 Å². The maximum absolute atomic E-state index is 13.1. The van der Waals surface area contributed by atoms with Crippen molar-refractivity contribution in [3.8, 4) is 0 Å². The van der Waals surface area contributed by atoms with Crippen LogP contribution in [-0.4, -0.2) is 70.4 Å². The zero-order chi connectivity index (χ0) is 37.4. The van der Waals surface area contributed by atoms with Crippen molar-refractivity contribution < 1.29 is 33.4 Å². The van der Waals surface area contributed by atoms with Gasteiger partial charge in [-0.1, -0.05) is 85.0 Å². The van der Waals surface area contributed by atoms with Crippen molar-refractivity contribution in [3.63, 3.8) is 0 Å². The van der Waals surface area contributed by atoms with Crippen molar-refractivity contribution in [2.45, 2.75) is 82.5 Å². The average Bonchev–Trinajstić information content (AvgIpc) is 3.35. The second kappa shape index (κ2) is 24.1. The lowest BCUT2D eigenvalue weighted by Crippen LogP contribution is -2.45. The minimum atomic E-state index is -4.07. The summed E-state index contributed by atoms with van der Waals surface area (Å²) in [5.41, 5.74) is 11.4. The van der Waals surface area contributed by atoms with Gasteiger partial charge in [-0.3, -0.25) is 13.9 Å². The lowest BCUT2D eigenvalue weighted by atomic mass is 10.1. The molecule has 5 atom stereocenters. The first-order chi connectivity index (χ1) is 24.6. The number of azide groups is 1. The molecule has 0 bridgehead atoms. The number of rotatable bonds is 24. The first kappa shape index (κ1) is 43.1. The third kappa shape index (κ3) is 15.8. The Labute approximate surface area is 298 Å². The van der Waals surface area contributed by atoms with E-state index in [-0.39, 0.29) is 31.2 Å². The van der Waals surface area contributed by atoms with Gasteiger partial charge in [0, 0.05) is 37.7 Å². The van der Waals surface area contributed by atoms with Crippen LogP contribution in [0.5, 0.6) is 0 Å². The molecule has 1 amide bonds. The van der Waals surface area contributed by atoms with Crippen molar-refractivity contribution in [1.82, 2.24) is 20.0 Å². The van der Waals surface area contributed by atoms with Crippen LogP contribution >= 0.6 is 7.75 Å². The molecular formula is C34H51N8O8P. The lowest BCUT2D eigenvalue weighted by Gasteiger charge is -2.28. The topological polar surface area (TPSA) is 236 Å². The van der Waals surface area contributed by atoms with Crippen LogP contribution in [0.1, 0.15) is 64.5 Å². The van der Waals surface area contributed by atoms with E-state index in [2.05, 4.69) is 93.1 Å². The number of aromatic nitrogens is 2. The summed E-state index contributed by atoms with van der Waals surface area (Å²) >= 11 is 0. The molecule has 1 aliphatic heterocycles. The fourth-order valence-corrected chi connectivity index (χ4v) is 5.66. The molecule has 1 aromatic heterocycles. The number of nitrogens with one attached hydrogen (secondary N) is 2. The number of carbonyl (C=O) groups excluding carboxylic acids is 1. The number of hydrogen-bond donors (Lipinski definition) is 5. The number of hydrogen-bond acceptors (Lipinski definition) is 11. The Morgan fingerprint density at radius 1 is 1.06 bits per heavy atom. The van der Waals surface area contributed by atoms with E-state index in [0.29, 0.717) is 6.42 Å². The molecule has 1 unspecified atom stereocenters. The van der Waals surface area contributed by atoms with Crippen molar-refractivity contribution in [2.24, 2.45) is 5.11 Å². The highest BCUT2D eigenvalue weighted by Gasteiger charge is 2.56. The third-order valence-electron chi connectivity index (χ3n) is 7.31. The van der Waals surface area contributed by atoms with E-state index in [1.54, 1.807) is 0 Å². The zero-order valence-electron chi connectivity index (χ0n) is 29.2. The van der Waals surface area contributed by atoms with Gasteiger partial charge in [0.15, 0.2) is 6.23 Å². The Bertz CT molecular complexity index is 1550. The summed E-state index contributed by atoms with van der Waals surface area (Å²) in [5.74, 6) is -0.288. The summed E-state index contributed by atoms with van der Waals surface area (Å²) in [5, 5.41) is 30.0. The molecule has 2 heterocycles. The fourth-order valence-electron chi connectivity index (χ4n) is 4.60. The van der Waals surface area contributed by atoms with Crippen LogP contribution in [0.25, 0.3) is 10.4 Å². The standard InChI is InChI=1S/C34H51N8O8P/c1-3-4-5-6-7-8-9-10-11-12-13-14-15-16-17-18-19-20-21-22-29(43)37-24-25-38-51(47,48-2)49-27-34(40-41-36)31(45)30(44)32(50-34)42-26-23-28(35)39-33(42)46/h4-5,7-8,10-11,13-14,16-17,19-20,23,26,30-32,44-45H,3,6,9,12,15,18,21-22,24-25,27H2,1-2H3,(H,37,43)(H,38,47)(H2,35,39,46)/b5-4-,8-7-,11-10-,14-13-,17-16-,20-19-/t30-,31+,32-,34-,51?/m1/s1. The lowest BCUT2D eigenvalue weighted by molar-refractivity contribution is -0.121. The highest BCUT2D eigenvalue weighted by atomic mass is 31.2. The SMILES string of the molecule is CC/C=C\C/C=C\C/C=C\C/C=C\C/C=C\C/C=C\CCC(=O)NCCNP(=O)(OC)OC[C@@]1(N=[N+]=[N-])O[C@@H](n2ccc(N)nc2=O)[C@H](O)[C@@H]1O. The molecule has 1 aromatic rings. The smallest absolute Gasteiger partial charge is 0.387 e. The van der Waals surface area contributed by atoms with Gasteiger partial charge in [-0.05, 0) is 56.5 Å². The molecule has 0 aliphatic carbocycles. The van der Waals surface area contributed by atoms with Gasteiger partial charge in [0.2, 0.25) is 11.6 Å². The number of nitrogens with zero attached hydrogens (tertiary/aromatic N) is 5. The summed E-state index contributed by atoms with van der Waals surface area (Å²) in [7, 11) is -2.97. The highest BCUT2D eigenvalue weighted by Crippen LogP contribution is 2.46. The number of amides is 1. The molecule has 0 aromatic carbocycles. The second-order valence-corrected chi connectivity index (χ2v) is 13.1. The van der Waals surface area contributed by atoms with Gasteiger partial charge in [-0.25, -0.2) is 14.4 Å². The van der Waals surface area contributed by atoms with Gasteiger partial charge in [0.1, 0.15) is 18.0 Å². The van der Waals surface area contributed by atoms with Crippen LogP contribution in [0.4, 0.5) is 5.82 Å². The van der Waals surface area contributed by atoms with Gasteiger partial charge < -0.3 is 30.5 Å². The van der Waals surface area contributed by atoms with Crippen molar-refractivity contribution in [3.05, 3.63) is 106 Å². The molecule has 6 N–H and O–H groups in total. The van der Waals surface area contributed by atoms with E-state index in [4.69, 9.17) is 25.0 Å². The minimum absolute atomic E-state index is 0.0214. The molecular weight excluding hydrogens is 679 g/mol. The summed E-state index contributed by atoms with van der Waals surface area (Å²) in [6.07, 6.45) is 27.8. The first-order valence-corrected chi connectivity index (χ1v) is 18.3. The largest absolute Gasteiger partial charge is 0.405 e. The van der Waals surface area contributed by atoms with Gasteiger partial charge in [0.05, 0.1) is 6.61 Å². The molecule has 280 valence electrons. The number of carbonyl (C=O) groups is 1. The number of allylic oxidation sites excluding steroid dienone is 12. The molecule has 1 fully saturated rings. The van der Waals surface area contributed by atoms with Crippen LogP contribution in [0.2, 0.25) is 0 Å². The van der Waals surface area contributed by atoms with Crippen LogP contribution in [0.15, 0.2) is 95.1 Å². The third-order valence-corrected chi connectivity index (χ3v) is 8.87. The first-order valence-electron chi connectivity index (χ1n) is 16.8. The maximum Gasteiger partial charge on any atom is 0.405 e. The Balaban J connectivity index is 1.66. The van der Waals surface area contributed by atoms with Crippen LogP contribution in [0.3, 0.4) is 0 Å². The molecule has 1 saturated heterocycles. The molecule has 0 radical (unpaired) electrons. The quantitative estimate of drug-likeness (QED) is 0.0236. The van der Waals surface area contributed by atoms with E-state index < -0.39 is 44.2 Å². The highest BCUT2D eigenvalue weighted by molar-refractivity contribution is 7.51. The number of aliphatic hydroxyl groups excluding tert-OH is 2. The van der Waals surface area contributed by atoms with E-state index in [1.165, 1.54) is 12.3 Å². The summed E-state index contributed by atoms with van der Waals surface area (Å²) in [6.45, 7) is 1.36. The zero-order valence-corrected chi connectivity index (χ0v) is 30.1. The molecule has 51 heavy (non-hydrogen) atoms. The maximum atomic E-state index is 13.1. The molecule has 17 heteroatoms. The normalized spacial score (nSPS) is 22.2. The van der Waals surface area contributed by atoms with Crippen molar-refractivity contribution in [2.75, 3.05) is 32.5 Å². The number of anilines is 1. The van der Waals surface area contributed by atoms with Crippen LogP contribution in [-0.2, 0) is 23.1 Å². The summed E-state index contributed by atoms with van der Waals surface area (Å²) in [6, 6.07) is 1.26. The molecule has 1 aliphatic rings. The predicted octanol–water partition coefficient (Wildman–Crippen LogP) is 5.04. The van der Waals surface area contributed by atoms with Gasteiger partial charge >= 0.3 is 13.4 Å². The van der Waals surface area contributed by atoms with Crippen LogP contribution < -0.4 is 21.8 Å². The number of nitrogens with two attached hydrogens (primary N) is 1. The summed E-state index contributed by atoms with van der Waals surface area (Å²) < 4.78 is 29.9. The Kier molecular flexibility index (Phi) is 20.4. The van der Waals surface area contributed by atoms with E-state index in [1.807, 2.05) is 12.2 Å². The molecule has 0 saturated carbocycles. The van der Waals surface area contributed by atoms with Crippen molar-refractivity contribution in [1.29, 1.82) is 0 Å². The monoisotopic (exact) mass is 730 g/mol. The van der Waals surface area contributed by atoms with E-state index in [9.17, 15) is 24.4 Å². The molecule has 2 rings (SSSR count). The molecule has 0 spiro atoms. The van der Waals surface area contributed by atoms with Crippen LogP contribution in [0, 0.1) is 0 Å². The second-order valence-electron chi connectivity index (χ2n) is 11.2. The van der Waals surface area contributed by atoms with Gasteiger partial charge in [-0.2, -0.15) is 4.98 Å². The number of nitrogen functional groups attached to an aromatic ring is 1. The van der Waals surface area contributed by atoms with Crippen molar-refractivity contribution >= 4 is 19.5 Å². The Morgan fingerprint density at radius 2 is 1.63 bits per heavy atom.